The normalized spacial score (nSPS) is 10.6. The van der Waals surface area contributed by atoms with E-state index in [-0.39, 0.29) is 29.6 Å². The number of aliphatic carboxylic acids is 1. The number of alkyl carbamates (subject to hydrolysis) is 1. The third-order valence-corrected chi connectivity index (χ3v) is 4.27. The Morgan fingerprint density at radius 2 is 1.30 bits per heavy atom. The molecule has 1 amide bonds. The van der Waals surface area contributed by atoms with Crippen LogP contribution >= 0.6 is 0 Å². The van der Waals surface area contributed by atoms with E-state index in [1.807, 2.05) is 0 Å². The van der Waals surface area contributed by atoms with Crippen molar-refractivity contribution in [2.45, 2.75) is 96.8 Å². The number of carboxylic acid groups (broad SMARTS) is 1. The molecule has 0 aliphatic carbocycles. The van der Waals surface area contributed by atoms with E-state index in [1.54, 1.807) is 0 Å². The Labute approximate surface area is 188 Å². The molecular formula is C21H39NNaO4+. The van der Waals surface area contributed by atoms with Gasteiger partial charge in [0.05, 0.1) is 6.61 Å². The molecule has 152 valence electrons. The molecule has 0 bridgehead atoms. The smallest absolute Gasteiger partial charge is 0.480 e. The van der Waals surface area contributed by atoms with Crippen LogP contribution in [0.25, 0.3) is 0 Å². The van der Waals surface area contributed by atoms with Crippen LogP contribution in [0.3, 0.4) is 0 Å². The van der Waals surface area contributed by atoms with Crippen molar-refractivity contribution >= 4 is 12.1 Å². The molecule has 27 heavy (non-hydrogen) atoms. The number of nitrogens with one attached hydrogen (secondary N) is 1. The van der Waals surface area contributed by atoms with Crippen LogP contribution in [0.1, 0.15) is 96.8 Å². The summed E-state index contributed by atoms with van der Waals surface area (Å²) in [6.45, 7) is 2.21. The number of unbranched alkanes of at least 4 members (excludes halogenated alkanes) is 12. The molecule has 0 saturated heterocycles. The minimum absolute atomic E-state index is 0. The van der Waals surface area contributed by atoms with Crippen molar-refractivity contribution in [1.29, 1.82) is 0 Å². The molecule has 5 nitrogen and oxygen atoms in total. The van der Waals surface area contributed by atoms with Gasteiger partial charge in [-0.05, 0) is 32.1 Å². The molecular weight excluding hydrogens is 353 g/mol. The Hall–Kier alpha value is -0.520. The largest absolute Gasteiger partial charge is 1.00 e. The molecule has 0 aromatic carbocycles. The molecule has 0 atom stereocenters. The summed E-state index contributed by atoms with van der Waals surface area (Å²) in [7, 11) is 0. The van der Waals surface area contributed by atoms with Crippen LogP contribution in [-0.4, -0.2) is 30.3 Å². The van der Waals surface area contributed by atoms with E-state index in [2.05, 4.69) is 24.4 Å². The van der Waals surface area contributed by atoms with Crippen LogP contribution in [0, 0.1) is 0 Å². The van der Waals surface area contributed by atoms with Gasteiger partial charge in [-0.1, -0.05) is 76.9 Å². The third kappa shape index (κ3) is 25.5. The molecule has 0 radical (unpaired) electrons. The number of hydrogen-bond acceptors (Lipinski definition) is 3. The number of hydrogen-bond donors (Lipinski definition) is 2. The van der Waals surface area contributed by atoms with Gasteiger partial charge in [-0.15, -0.1) is 0 Å². The third-order valence-electron chi connectivity index (χ3n) is 4.27. The van der Waals surface area contributed by atoms with E-state index >= 15 is 0 Å². The van der Waals surface area contributed by atoms with E-state index < -0.39 is 18.6 Å². The van der Waals surface area contributed by atoms with Crippen molar-refractivity contribution in [1.82, 2.24) is 5.32 Å². The first-order valence-corrected chi connectivity index (χ1v) is 10.4. The Bertz CT molecular complexity index is 375. The fraction of sp³-hybridized carbons (Fsp3) is 0.810. The topological polar surface area (TPSA) is 75.6 Å². The molecule has 0 unspecified atom stereocenters. The maximum Gasteiger partial charge on any atom is 1.00 e. The van der Waals surface area contributed by atoms with E-state index in [1.165, 1.54) is 70.6 Å². The van der Waals surface area contributed by atoms with E-state index in [0.717, 1.165) is 19.3 Å². The SMILES string of the molecule is CCCCCCCC/C=C/CCCCCCCCOC(=O)NCC(=O)O.[Na+]. The van der Waals surface area contributed by atoms with Crippen molar-refractivity contribution in [3.8, 4) is 0 Å². The van der Waals surface area contributed by atoms with Crippen LogP contribution in [0.4, 0.5) is 4.79 Å². The van der Waals surface area contributed by atoms with E-state index in [0.29, 0.717) is 6.61 Å². The number of carboxylic acids is 1. The Morgan fingerprint density at radius 3 is 1.81 bits per heavy atom. The summed E-state index contributed by atoms with van der Waals surface area (Å²) in [4.78, 5) is 21.4. The van der Waals surface area contributed by atoms with Gasteiger partial charge in [-0.2, -0.15) is 0 Å². The summed E-state index contributed by atoms with van der Waals surface area (Å²) in [6, 6.07) is 0. The van der Waals surface area contributed by atoms with Gasteiger partial charge < -0.3 is 15.2 Å². The zero-order valence-electron chi connectivity index (χ0n) is 17.6. The standard InChI is InChI=1S/C21H39NO4.Na/c1-2-3-4-5-6-7-8-9-10-11-12-13-14-15-16-17-18-26-21(25)22-19-20(23)24;/h9-10H,2-8,11-19H2,1H3,(H,22,25)(H,23,24);/q;+1/b10-9+;. The van der Waals surface area contributed by atoms with Crippen molar-refractivity contribution in [3.63, 3.8) is 0 Å². The second-order valence-corrected chi connectivity index (χ2v) is 6.82. The minimum atomic E-state index is -1.07. The second-order valence-electron chi connectivity index (χ2n) is 6.82. The predicted octanol–water partition coefficient (Wildman–Crippen LogP) is 2.84. The number of carbonyl (C=O) groups excluding carboxylic acids is 1. The van der Waals surface area contributed by atoms with Crippen LogP contribution < -0.4 is 34.9 Å². The van der Waals surface area contributed by atoms with Crippen LogP contribution in [0.2, 0.25) is 0 Å². The first-order chi connectivity index (χ1) is 12.7. The summed E-state index contributed by atoms with van der Waals surface area (Å²) in [5, 5.41) is 10.6. The van der Waals surface area contributed by atoms with Crippen LogP contribution in [0.5, 0.6) is 0 Å². The molecule has 2 N–H and O–H groups in total. The van der Waals surface area contributed by atoms with Gasteiger partial charge in [-0.25, -0.2) is 4.79 Å². The molecule has 0 aromatic heterocycles. The van der Waals surface area contributed by atoms with Gasteiger partial charge in [-0.3, -0.25) is 4.79 Å². The van der Waals surface area contributed by atoms with Gasteiger partial charge in [0.15, 0.2) is 0 Å². The van der Waals surface area contributed by atoms with Crippen molar-refractivity contribution in [2.75, 3.05) is 13.2 Å². The summed E-state index contributed by atoms with van der Waals surface area (Å²) < 4.78 is 4.89. The maximum absolute atomic E-state index is 11.1. The predicted molar refractivity (Wildman–Crippen MR) is 106 cm³/mol. The zero-order chi connectivity index (χ0) is 19.3. The van der Waals surface area contributed by atoms with Crippen molar-refractivity contribution < 1.29 is 49.0 Å². The van der Waals surface area contributed by atoms with Crippen molar-refractivity contribution in [2.24, 2.45) is 0 Å². The van der Waals surface area contributed by atoms with Crippen LogP contribution in [-0.2, 0) is 9.53 Å². The molecule has 0 aromatic rings. The Balaban J connectivity index is 0. The summed E-state index contributed by atoms with van der Waals surface area (Å²) in [6.07, 6.45) is 21.4. The number of carbonyl (C=O) groups is 2. The average molecular weight is 393 g/mol. The second kappa shape index (κ2) is 23.5. The molecule has 0 spiro atoms. The van der Waals surface area contributed by atoms with Gasteiger partial charge in [0, 0.05) is 0 Å². The fourth-order valence-corrected chi connectivity index (χ4v) is 2.71. The number of amides is 1. The molecule has 0 heterocycles. The summed E-state index contributed by atoms with van der Waals surface area (Å²) in [5.74, 6) is -1.07. The zero-order valence-corrected chi connectivity index (χ0v) is 19.6. The summed E-state index contributed by atoms with van der Waals surface area (Å²) >= 11 is 0. The fourth-order valence-electron chi connectivity index (χ4n) is 2.71. The Kier molecular flexibility index (Phi) is 25.0. The first-order valence-electron chi connectivity index (χ1n) is 10.4. The number of allylic oxidation sites excluding steroid dienone is 2. The maximum atomic E-state index is 11.1. The average Bonchev–Trinajstić information content (AvgIpc) is 2.62. The van der Waals surface area contributed by atoms with Crippen molar-refractivity contribution in [3.05, 3.63) is 12.2 Å². The van der Waals surface area contributed by atoms with E-state index in [9.17, 15) is 9.59 Å². The Morgan fingerprint density at radius 1 is 0.815 bits per heavy atom. The monoisotopic (exact) mass is 392 g/mol. The van der Waals surface area contributed by atoms with Gasteiger partial charge in [0.25, 0.3) is 0 Å². The quantitative estimate of drug-likeness (QED) is 0.214. The molecule has 0 saturated carbocycles. The number of ether oxygens (including phenoxy) is 1. The number of rotatable bonds is 18. The van der Waals surface area contributed by atoms with Gasteiger partial charge in [0.2, 0.25) is 0 Å². The van der Waals surface area contributed by atoms with Gasteiger partial charge >= 0.3 is 41.6 Å². The van der Waals surface area contributed by atoms with Gasteiger partial charge in [0.1, 0.15) is 6.54 Å². The first kappa shape index (κ1) is 28.7. The molecule has 0 aliphatic heterocycles. The molecule has 0 rings (SSSR count). The van der Waals surface area contributed by atoms with E-state index in [4.69, 9.17) is 9.84 Å². The molecule has 0 aliphatic rings. The minimum Gasteiger partial charge on any atom is -0.480 e. The molecule has 6 heteroatoms. The van der Waals surface area contributed by atoms with Crippen LogP contribution in [0.15, 0.2) is 12.2 Å². The summed E-state index contributed by atoms with van der Waals surface area (Å²) in [5.41, 5.74) is 0. The molecule has 0 fully saturated rings.